The van der Waals surface area contributed by atoms with E-state index in [0.717, 1.165) is 22.9 Å². The molecule has 0 radical (unpaired) electrons. The second-order valence-electron chi connectivity index (χ2n) is 5.13. The molecule has 126 valence electrons. The van der Waals surface area contributed by atoms with Crippen LogP contribution in [-0.2, 0) is 13.2 Å². The lowest BCUT2D eigenvalue weighted by Gasteiger charge is -2.06. The van der Waals surface area contributed by atoms with Gasteiger partial charge in [0, 0.05) is 18.1 Å². The number of pyridine rings is 1. The van der Waals surface area contributed by atoms with Gasteiger partial charge in [-0.15, -0.1) is 11.8 Å². The molecule has 0 aliphatic carbocycles. The molecule has 0 bridgehead atoms. The van der Waals surface area contributed by atoms with Crippen LogP contribution in [0, 0.1) is 5.82 Å². The van der Waals surface area contributed by atoms with E-state index in [-0.39, 0.29) is 22.6 Å². The molecule has 3 rings (SSSR count). The zero-order valence-corrected chi connectivity index (χ0v) is 13.7. The highest BCUT2D eigenvalue weighted by Gasteiger charge is 2.31. The molecule has 0 N–H and O–H groups in total. The average molecular weight is 355 g/mol. The Bertz CT molecular complexity index is 902. The van der Waals surface area contributed by atoms with Gasteiger partial charge >= 0.3 is 6.18 Å². The number of hydrogen-bond donors (Lipinski definition) is 0. The van der Waals surface area contributed by atoms with Gasteiger partial charge in [-0.25, -0.2) is 14.4 Å². The van der Waals surface area contributed by atoms with Crippen molar-refractivity contribution in [3.8, 4) is 11.4 Å². The summed E-state index contributed by atoms with van der Waals surface area (Å²) in [6.07, 6.45) is -3.74. The number of aromatic nitrogens is 3. The van der Waals surface area contributed by atoms with Crippen LogP contribution in [0.4, 0.5) is 17.6 Å². The maximum absolute atomic E-state index is 14.4. The highest BCUT2D eigenvalue weighted by atomic mass is 32.2. The summed E-state index contributed by atoms with van der Waals surface area (Å²) in [5.74, 6) is 0.583. The Kier molecular flexibility index (Phi) is 4.25. The summed E-state index contributed by atoms with van der Waals surface area (Å²) in [6.45, 7) is 1.96. The first-order valence-corrected chi connectivity index (χ1v) is 8.12. The number of fused-ring (bicyclic) bond motifs is 1. The smallest absolute Gasteiger partial charge is 0.312 e. The second kappa shape index (κ2) is 6.08. The summed E-state index contributed by atoms with van der Waals surface area (Å²) in [4.78, 5) is 8.76. The van der Waals surface area contributed by atoms with E-state index in [1.54, 1.807) is 19.2 Å². The van der Waals surface area contributed by atoms with Gasteiger partial charge in [0.1, 0.15) is 17.2 Å². The number of halogens is 4. The van der Waals surface area contributed by atoms with Crippen LogP contribution in [0.5, 0.6) is 0 Å². The first-order chi connectivity index (χ1) is 11.3. The van der Waals surface area contributed by atoms with Gasteiger partial charge in [-0.05, 0) is 30.0 Å². The molecule has 1 aromatic carbocycles. The van der Waals surface area contributed by atoms with Crippen molar-refractivity contribution < 1.29 is 17.6 Å². The van der Waals surface area contributed by atoms with Gasteiger partial charge in [0.25, 0.3) is 0 Å². The molecule has 0 saturated carbocycles. The summed E-state index contributed by atoms with van der Waals surface area (Å²) in [5, 5.41) is 0. The van der Waals surface area contributed by atoms with Crippen LogP contribution >= 0.6 is 11.8 Å². The van der Waals surface area contributed by atoms with Crippen molar-refractivity contribution in [3.05, 3.63) is 41.8 Å². The van der Waals surface area contributed by atoms with E-state index in [9.17, 15) is 17.6 Å². The molecule has 8 heteroatoms. The normalized spacial score (nSPS) is 12.1. The van der Waals surface area contributed by atoms with Crippen molar-refractivity contribution in [2.45, 2.75) is 18.0 Å². The van der Waals surface area contributed by atoms with E-state index in [4.69, 9.17) is 0 Å². The number of rotatable bonds is 3. The van der Waals surface area contributed by atoms with Gasteiger partial charge in [-0.2, -0.15) is 13.2 Å². The monoisotopic (exact) mass is 355 g/mol. The molecule has 2 aromatic heterocycles. The predicted octanol–water partition coefficient (Wildman–Crippen LogP) is 4.91. The summed E-state index contributed by atoms with van der Waals surface area (Å²) in [6, 6.07) is 5.67. The van der Waals surface area contributed by atoms with Crippen LogP contribution in [0.1, 0.15) is 12.5 Å². The predicted molar refractivity (Wildman–Crippen MR) is 85.3 cm³/mol. The molecule has 0 unspecified atom stereocenters. The standard InChI is InChI=1S/C16H13F4N3S/c1-3-24-10-4-5-11(12(17)7-10)14-22-13-6-9(16(18,19)20)8-21-15(13)23(14)2/h4-8H,3H2,1-2H3. The quantitative estimate of drug-likeness (QED) is 0.494. The molecule has 0 aliphatic heterocycles. The van der Waals surface area contributed by atoms with E-state index in [1.807, 2.05) is 6.92 Å². The lowest BCUT2D eigenvalue weighted by Crippen LogP contribution is -2.05. The molecule has 24 heavy (non-hydrogen) atoms. The summed E-state index contributed by atoms with van der Waals surface area (Å²) < 4.78 is 54.2. The van der Waals surface area contributed by atoms with Crippen LogP contribution in [-0.4, -0.2) is 20.3 Å². The number of imidazole rings is 1. The Morgan fingerprint density at radius 2 is 1.96 bits per heavy atom. The number of benzene rings is 1. The maximum Gasteiger partial charge on any atom is 0.417 e. The molecular formula is C16H13F4N3S. The van der Waals surface area contributed by atoms with Gasteiger partial charge in [0.2, 0.25) is 0 Å². The fourth-order valence-electron chi connectivity index (χ4n) is 2.41. The van der Waals surface area contributed by atoms with Crippen molar-refractivity contribution >= 4 is 22.9 Å². The lowest BCUT2D eigenvalue weighted by molar-refractivity contribution is -0.137. The zero-order valence-electron chi connectivity index (χ0n) is 12.9. The van der Waals surface area contributed by atoms with Crippen LogP contribution in [0.2, 0.25) is 0 Å². The Morgan fingerprint density at radius 1 is 1.21 bits per heavy atom. The molecular weight excluding hydrogens is 342 g/mol. The van der Waals surface area contributed by atoms with Crippen LogP contribution in [0.15, 0.2) is 35.4 Å². The fourth-order valence-corrected chi connectivity index (χ4v) is 3.09. The minimum absolute atomic E-state index is 0.0775. The minimum atomic E-state index is -4.50. The number of hydrogen-bond acceptors (Lipinski definition) is 3. The summed E-state index contributed by atoms with van der Waals surface area (Å²) in [7, 11) is 1.60. The molecule has 0 saturated heterocycles. The van der Waals surface area contributed by atoms with Crippen LogP contribution in [0.3, 0.4) is 0 Å². The van der Waals surface area contributed by atoms with Crippen molar-refractivity contribution in [2.24, 2.45) is 7.05 Å². The van der Waals surface area contributed by atoms with Crippen LogP contribution < -0.4 is 0 Å². The molecule has 3 nitrogen and oxygen atoms in total. The van der Waals surface area contributed by atoms with E-state index >= 15 is 0 Å². The first kappa shape index (κ1) is 16.8. The van der Waals surface area contributed by atoms with Gasteiger partial charge < -0.3 is 4.57 Å². The van der Waals surface area contributed by atoms with E-state index in [1.165, 1.54) is 22.4 Å². The summed E-state index contributed by atoms with van der Waals surface area (Å²) >= 11 is 1.50. The van der Waals surface area contributed by atoms with Gasteiger partial charge in [0.15, 0.2) is 5.65 Å². The number of alkyl halides is 3. The third-order valence-electron chi connectivity index (χ3n) is 3.53. The average Bonchev–Trinajstić information content (AvgIpc) is 2.83. The van der Waals surface area contributed by atoms with Gasteiger partial charge in [-0.3, -0.25) is 0 Å². The number of nitrogens with zero attached hydrogens (tertiary/aromatic N) is 3. The molecule has 0 spiro atoms. The highest BCUT2D eigenvalue weighted by molar-refractivity contribution is 7.99. The molecule has 3 aromatic rings. The summed E-state index contributed by atoms with van der Waals surface area (Å²) in [5.41, 5.74) is -0.308. The van der Waals surface area contributed by atoms with E-state index < -0.39 is 17.6 Å². The Labute approximate surface area is 139 Å². The van der Waals surface area contributed by atoms with Crippen LogP contribution in [0.25, 0.3) is 22.6 Å². The van der Waals surface area contributed by atoms with Gasteiger partial charge in [0.05, 0.1) is 11.1 Å². The van der Waals surface area contributed by atoms with E-state index in [2.05, 4.69) is 9.97 Å². The van der Waals surface area contributed by atoms with Gasteiger partial charge in [-0.1, -0.05) is 6.92 Å². The minimum Gasteiger partial charge on any atom is -0.312 e. The zero-order chi connectivity index (χ0) is 17.5. The van der Waals surface area contributed by atoms with Crippen molar-refractivity contribution in [2.75, 3.05) is 5.75 Å². The first-order valence-electron chi connectivity index (χ1n) is 7.13. The third kappa shape index (κ3) is 2.98. The lowest BCUT2D eigenvalue weighted by atomic mass is 10.2. The van der Waals surface area contributed by atoms with Crippen molar-refractivity contribution in [1.29, 1.82) is 0 Å². The number of aryl methyl sites for hydroxylation is 1. The molecule has 0 aliphatic rings. The Hall–Kier alpha value is -2.09. The molecule has 0 amide bonds. The second-order valence-corrected chi connectivity index (χ2v) is 6.47. The number of thioether (sulfide) groups is 1. The van der Waals surface area contributed by atoms with E-state index in [0.29, 0.717) is 0 Å². The largest absolute Gasteiger partial charge is 0.417 e. The van der Waals surface area contributed by atoms with Crippen molar-refractivity contribution in [3.63, 3.8) is 0 Å². The molecule has 0 fully saturated rings. The highest BCUT2D eigenvalue weighted by Crippen LogP contribution is 2.32. The SMILES string of the molecule is CCSc1ccc(-c2nc3cc(C(F)(F)F)cnc3n2C)c(F)c1. The fraction of sp³-hybridized carbons (Fsp3) is 0.250. The third-order valence-corrected chi connectivity index (χ3v) is 4.40. The molecule has 0 atom stereocenters. The Morgan fingerprint density at radius 3 is 2.58 bits per heavy atom. The molecule has 2 heterocycles. The Balaban J connectivity index is 2.12. The maximum atomic E-state index is 14.4. The topological polar surface area (TPSA) is 30.7 Å². The van der Waals surface area contributed by atoms with Crippen molar-refractivity contribution in [1.82, 2.24) is 14.5 Å².